The van der Waals surface area contributed by atoms with Gasteiger partial charge in [0.25, 0.3) is 0 Å². The van der Waals surface area contributed by atoms with Crippen LogP contribution >= 0.6 is 0 Å². The van der Waals surface area contributed by atoms with Crippen LogP contribution in [-0.4, -0.2) is 32.0 Å². The van der Waals surface area contributed by atoms with Crippen molar-refractivity contribution in [3.63, 3.8) is 0 Å². The molecule has 4 heterocycles. The minimum atomic E-state index is 0.284. The summed E-state index contributed by atoms with van der Waals surface area (Å²) in [6.45, 7) is 4.61. The molecule has 24 heavy (non-hydrogen) atoms. The van der Waals surface area contributed by atoms with Crippen LogP contribution in [-0.2, 0) is 0 Å². The van der Waals surface area contributed by atoms with Crippen LogP contribution in [0.4, 0.5) is 11.6 Å². The molecule has 2 atom stereocenters. The fraction of sp³-hybridized carbons (Fsp3) is 0.389. The number of nitrogens with one attached hydrogen (secondary N) is 1. The molecule has 1 fully saturated rings. The van der Waals surface area contributed by atoms with E-state index in [9.17, 15) is 0 Å². The predicted octanol–water partition coefficient (Wildman–Crippen LogP) is 3.37. The first-order valence-electron chi connectivity index (χ1n) is 8.48. The van der Waals surface area contributed by atoms with Gasteiger partial charge in [-0.3, -0.25) is 0 Å². The summed E-state index contributed by atoms with van der Waals surface area (Å²) in [5.41, 5.74) is 9.71. The van der Waals surface area contributed by atoms with Gasteiger partial charge in [-0.15, -0.1) is 0 Å². The van der Waals surface area contributed by atoms with Crippen molar-refractivity contribution in [3.8, 4) is 11.3 Å². The molecular weight excluding hydrogens is 300 g/mol. The number of piperidine rings is 1. The van der Waals surface area contributed by atoms with Gasteiger partial charge in [0.15, 0.2) is 0 Å². The van der Waals surface area contributed by atoms with Crippen molar-refractivity contribution in [2.45, 2.75) is 45.2 Å². The maximum atomic E-state index is 5.78. The van der Waals surface area contributed by atoms with Gasteiger partial charge in [-0.2, -0.15) is 0 Å². The molecule has 0 saturated carbocycles. The van der Waals surface area contributed by atoms with Gasteiger partial charge in [-0.05, 0) is 45.2 Å². The van der Waals surface area contributed by atoms with Crippen molar-refractivity contribution in [3.05, 3.63) is 30.7 Å². The van der Waals surface area contributed by atoms with Gasteiger partial charge in [-0.1, -0.05) is 0 Å². The van der Waals surface area contributed by atoms with Crippen LogP contribution < -0.4 is 10.6 Å². The lowest BCUT2D eigenvalue weighted by molar-refractivity contribution is 0.415. The van der Waals surface area contributed by atoms with Crippen molar-refractivity contribution >= 4 is 22.7 Å². The highest BCUT2D eigenvalue weighted by atomic mass is 15.2. The van der Waals surface area contributed by atoms with Crippen LogP contribution in [0.2, 0.25) is 0 Å². The first-order valence-corrected chi connectivity index (χ1v) is 8.48. The lowest BCUT2D eigenvalue weighted by Gasteiger charge is -2.41. The van der Waals surface area contributed by atoms with E-state index >= 15 is 0 Å². The van der Waals surface area contributed by atoms with Crippen LogP contribution in [0.1, 0.15) is 33.1 Å². The first-order chi connectivity index (χ1) is 11.6. The third kappa shape index (κ3) is 2.38. The largest absolute Gasteiger partial charge is 0.368 e. The molecule has 1 saturated heterocycles. The van der Waals surface area contributed by atoms with E-state index in [1.54, 1.807) is 6.20 Å². The van der Waals surface area contributed by atoms with E-state index in [0.717, 1.165) is 22.3 Å². The maximum Gasteiger partial charge on any atom is 0.220 e. The summed E-state index contributed by atoms with van der Waals surface area (Å²) >= 11 is 0. The smallest absolute Gasteiger partial charge is 0.220 e. The summed E-state index contributed by atoms with van der Waals surface area (Å²) in [6, 6.07) is 5.02. The number of anilines is 2. The number of nitrogens with two attached hydrogens (primary N) is 1. The van der Waals surface area contributed by atoms with Crippen molar-refractivity contribution < 1.29 is 0 Å². The topological polar surface area (TPSA) is 83.7 Å². The molecule has 6 heteroatoms. The number of rotatable bonds is 2. The lowest BCUT2D eigenvalue weighted by atomic mass is 9.95. The van der Waals surface area contributed by atoms with E-state index in [0.29, 0.717) is 12.1 Å². The van der Waals surface area contributed by atoms with E-state index in [1.165, 1.54) is 24.9 Å². The Morgan fingerprint density at radius 2 is 1.88 bits per heavy atom. The van der Waals surface area contributed by atoms with Crippen LogP contribution in [0.15, 0.2) is 30.7 Å². The summed E-state index contributed by atoms with van der Waals surface area (Å²) in [5.74, 6) is 0.284. The lowest BCUT2D eigenvalue weighted by Crippen LogP contribution is -2.43. The fourth-order valence-corrected chi connectivity index (χ4v) is 3.88. The Kier molecular flexibility index (Phi) is 3.59. The van der Waals surface area contributed by atoms with Crippen molar-refractivity contribution in [2.24, 2.45) is 0 Å². The predicted molar refractivity (Wildman–Crippen MR) is 96.8 cm³/mol. The van der Waals surface area contributed by atoms with Crippen molar-refractivity contribution in [1.29, 1.82) is 0 Å². The fourth-order valence-electron chi connectivity index (χ4n) is 3.88. The Labute approximate surface area is 141 Å². The second kappa shape index (κ2) is 5.78. The van der Waals surface area contributed by atoms with E-state index < -0.39 is 0 Å². The number of aromatic amines is 1. The minimum absolute atomic E-state index is 0.284. The Morgan fingerprint density at radius 3 is 2.62 bits per heavy atom. The number of nitrogen functional groups attached to an aromatic ring is 1. The highest BCUT2D eigenvalue weighted by molar-refractivity contribution is 6.02. The van der Waals surface area contributed by atoms with Gasteiger partial charge in [0.05, 0.1) is 16.8 Å². The normalized spacial score (nSPS) is 21.3. The van der Waals surface area contributed by atoms with Gasteiger partial charge in [-0.25, -0.2) is 15.0 Å². The van der Waals surface area contributed by atoms with Gasteiger partial charge in [0.2, 0.25) is 5.95 Å². The molecule has 0 aliphatic carbocycles. The number of fused-ring (bicyclic) bond motifs is 1. The third-order valence-electron chi connectivity index (χ3n) is 4.97. The van der Waals surface area contributed by atoms with E-state index in [2.05, 4.69) is 44.7 Å². The third-order valence-corrected chi connectivity index (χ3v) is 4.97. The summed E-state index contributed by atoms with van der Waals surface area (Å²) in [6.07, 6.45) is 9.25. The van der Waals surface area contributed by atoms with Gasteiger partial charge >= 0.3 is 0 Å². The molecular formula is C18H22N6. The van der Waals surface area contributed by atoms with E-state index in [4.69, 9.17) is 5.73 Å². The average Bonchev–Trinajstić information content (AvgIpc) is 2.99. The standard InChI is InChI=1S/C18H22N6/c1-11-4-3-5-12(2)24(11)15-7-9-20-17-16(15)13(10-22-17)14-6-8-21-18(19)23-14/h6-12H,3-5H2,1-2H3,(H,20,22)(H2,19,21,23). The number of pyridine rings is 1. The van der Waals surface area contributed by atoms with E-state index in [-0.39, 0.29) is 5.95 Å². The molecule has 0 radical (unpaired) electrons. The number of H-pyrrole nitrogens is 1. The Hall–Kier alpha value is -2.63. The molecule has 2 unspecified atom stereocenters. The molecule has 3 aromatic heterocycles. The molecule has 3 N–H and O–H groups in total. The summed E-state index contributed by atoms with van der Waals surface area (Å²) in [7, 11) is 0. The van der Waals surface area contributed by atoms with E-state index in [1.807, 2.05) is 18.5 Å². The Bertz CT molecular complexity index is 861. The average molecular weight is 322 g/mol. The number of nitrogens with zero attached hydrogens (tertiary/aromatic N) is 4. The number of aromatic nitrogens is 4. The molecule has 4 rings (SSSR count). The molecule has 6 nitrogen and oxygen atoms in total. The Morgan fingerprint density at radius 1 is 1.12 bits per heavy atom. The van der Waals surface area contributed by atoms with Crippen LogP contribution in [0.25, 0.3) is 22.3 Å². The molecule has 0 amide bonds. The van der Waals surface area contributed by atoms with Crippen LogP contribution in [0.3, 0.4) is 0 Å². The molecule has 0 bridgehead atoms. The van der Waals surface area contributed by atoms with Crippen molar-refractivity contribution in [1.82, 2.24) is 19.9 Å². The zero-order valence-corrected chi connectivity index (χ0v) is 14.0. The second-order valence-corrected chi connectivity index (χ2v) is 6.59. The molecule has 0 aromatic carbocycles. The van der Waals surface area contributed by atoms with Crippen LogP contribution in [0.5, 0.6) is 0 Å². The highest BCUT2D eigenvalue weighted by Gasteiger charge is 2.27. The quantitative estimate of drug-likeness (QED) is 0.755. The first kappa shape index (κ1) is 14.9. The summed E-state index contributed by atoms with van der Waals surface area (Å²) < 4.78 is 0. The minimum Gasteiger partial charge on any atom is -0.368 e. The highest BCUT2D eigenvalue weighted by Crippen LogP contribution is 2.38. The summed E-state index contributed by atoms with van der Waals surface area (Å²) in [4.78, 5) is 18.7. The molecule has 1 aliphatic heterocycles. The zero-order valence-electron chi connectivity index (χ0n) is 14.0. The summed E-state index contributed by atoms with van der Waals surface area (Å²) in [5, 5.41) is 1.11. The zero-order chi connectivity index (χ0) is 16.7. The van der Waals surface area contributed by atoms with Crippen LogP contribution in [0, 0.1) is 0 Å². The molecule has 3 aromatic rings. The SMILES string of the molecule is CC1CCCC(C)N1c1ccnc2[nH]cc(-c3ccnc(N)n3)c12. The number of hydrogen-bond donors (Lipinski definition) is 2. The maximum absolute atomic E-state index is 5.78. The van der Waals surface area contributed by atoms with Gasteiger partial charge < -0.3 is 15.6 Å². The molecule has 0 spiro atoms. The van der Waals surface area contributed by atoms with Gasteiger partial charge in [0, 0.05) is 36.2 Å². The molecule has 1 aliphatic rings. The Balaban J connectivity index is 1.92. The monoisotopic (exact) mass is 322 g/mol. The number of hydrogen-bond acceptors (Lipinski definition) is 5. The second-order valence-electron chi connectivity index (χ2n) is 6.59. The van der Waals surface area contributed by atoms with Gasteiger partial charge in [0.1, 0.15) is 5.65 Å². The van der Waals surface area contributed by atoms with Crippen molar-refractivity contribution in [2.75, 3.05) is 10.6 Å². The molecule has 124 valence electrons.